The molecular weight excluding hydrogens is 234 g/mol. The molecule has 0 saturated heterocycles. The Balaban J connectivity index is 2.03. The predicted octanol–water partition coefficient (Wildman–Crippen LogP) is 3.92. The van der Waals surface area contributed by atoms with E-state index in [1.807, 2.05) is 12.4 Å². The van der Waals surface area contributed by atoms with Crippen LogP contribution in [0.15, 0.2) is 18.5 Å². The Morgan fingerprint density at radius 3 is 2.79 bits per heavy atom. The van der Waals surface area contributed by atoms with Gasteiger partial charge in [0.05, 0.1) is 23.8 Å². The van der Waals surface area contributed by atoms with E-state index in [1.165, 1.54) is 24.9 Å². The van der Waals surface area contributed by atoms with Crippen molar-refractivity contribution in [3.05, 3.63) is 18.5 Å². The number of anilines is 2. The van der Waals surface area contributed by atoms with Crippen molar-refractivity contribution >= 4 is 11.4 Å². The van der Waals surface area contributed by atoms with E-state index in [9.17, 15) is 0 Å². The lowest BCUT2D eigenvalue weighted by Gasteiger charge is -2.25. The quantitative estimate of drug-likeness (QED) is 0.769. The van der Waals surface area contributed by atoms with Crippen LogP contribution in [0.25, 0.3) is 0 Å². The van der Waals surface area contributed by atoms with Crippen molar-refractivity contribution < 1.29 is 0 Å². The van der Waals surface area contributed by atoms with E-state index in [-0.39, 0.29) is 0 Å². The Hall–Kier alpha value is -1.25. The Labute approximate surface area is 117 Å². The molecule has 0 bridgehead atoms. The summed E-state index contributed by atoms with van der Waals surface area (Å²) in [6.07, 6.45) is 9.00. The maximum atomic E-state index is 4.39. The molecule has 0 aromatic carbocycles. The zero-order chi connectivity index (χ0) is 13.7. The number of rotatable bonds is 8. The summed E-state index contributed by atoms with van der Waals surface area (Å²) in [7, 11) is 0. The Kier molecular flexibility index (Phi) is 5.06. The van der Waals surface area contributed by atoms with E-state index in [1.54, 1.807) is 0 Å². The van der Waals surface area contributed by atoms with Gasteiger partial charge in [-0.2, -0.15) is 0 Å². The van der Waals surface area contributed by atoms with E-state index in [0.717, 1.165) is 37.2 Å². The van der Waals surface area contributed by atoms with E-state index in [0.29, 0.717) is 0 Å². The van der Waals surface area contributed by atoms with Crippen LogP contribution < -0.4 is 10.2 Å². The van der Waals surface area contributed by atoms with Crippen LogP contribution in [0.1, 0.15) is 46.5 Å². The zero-order valence-electron chi connectivity index (χ0n) is 12.5. The lowest BCUT2D eigenvalue weighted by atomic mass is 10.1. The summed E-state index contributed by atoms with van der Waals surface area (Å²) < 4.78 is 0. The number of nitrogens with one attached hydrogen (secondary N) is 1. The van der Waals surface area contributed by atoms with Crippen molar-refractivity contribution in [1.29, 1.82) is 0 Å². The molecule has 0 spiro atoms. The molecule has 0 atom stereocenters. The van der Waals surface area contributed by atoms with Gasteiger partial charge < -0.3 is 10.2 Å². The first kappa shape index (κ1) is 14.2. The largest absolute Gasteiger partial charge is 0.384 e. The fourth-order valence-electron chi connectivity index (χ4n) is 2.26. The highest BCUT2D eigenvalue weighted by molar-refractivity contribution is 5.56. The third-order valence-corrected chi connectivity index (χ3v) is 3.57. The minimum absolute atomic E-state index is 0.752. The second-order valence-corrected chi connectivity index (χ2v) is 5.97. The smallest absolute Gasteiger partial charge is 0.0575 e. The summed E-state index contributed by atoms with van der Waals surface area (Å²) in [5, 5.41) is 3.42. The van der Waals surface area contributed by atoms with Crippen LogP contribution in [0, 0.1) is 5.92 Å². The van der Waals surface area contributed by atoms with E-state index in [4.69, 9.17) is 0 Å². The summed E-state index contributed by atoms with van der Waals surface area (Å²) in [5.41, 5.74) is 2.43. The number of pyridine rings is 1. The van der Waals surface area contributed by atoms with Crippen LogP contribution in [0.5, 0.6) is 0 Å². The highest BCUT2D eigenvalue weighted by Crippen LogP contribution is 2.32. The van der Waals surface area contributed by atoms with Gasteiger partial charge in [0.15, 0.2) is 0 Å². The topological polar surface area (TPSA) is 28.2 Å². The second-order valence-electron chi connectivity index (χ2n) is 5.97. The number of aromatic nitrogens is 1. The van der Waals surface area contributed by atoms with Crippen LogP contribution in [0.2, 0.25) is 0 Å². The van der Waals surface area contributed by atoms with Crippen molar-refractivity contribution in [3.63, 3.8) is 0 Å². The van der Waals surface area contributed by atoms with Gasteiger partial charge in [-0.1, -0.05) is 20.8 Å². The fraction of sp³-hybridized carbons (Fsp3) is 0.688. The predicted molar refractivity (Wildman–Crippen MR) is 82.8 cm³/mol. The lowest BCUT2D eigenvalue weighted by Crippen LogP contribution is -2.27. The van der Waals surface area contributed by atoms with Gasteiger partial charge in [0, 0.05) is 19.1 Å². The van der Waals surface area contributed by atoms with Gasteiger partial charge in [-0.15, -0.1) is 0 Å². The summed E-state index contributed by atoms with van der Waals surface area (Å²) >= 11 is 0. The van der Waals surface area contributed by atoms with Gasteiger partial charge in [0.25, 0.3) is 0 Å². The molecule has 1 N–H and O–H groups in total. The van der Waals surface area contributed by atoms with Crippen molar-refractivity contribution in [1.82, 2.24) is 4.98 Å². The number of hydrogen-bond acceptors (Lipinski definition) is 3. The van der Waals surface area contributed by atoms with Gasteiger partial charge in [-0.3, -0.25) is 4.98 Å². The minimum Gasteiger partial charge on any atom is -0.384 e. The van der Waals surface area contributed by atoms with Crippen molar-refractivity contribution in [2.45, 2.75) is 52.5 Å². The van der Waals surface area contributed by atoms with Crippen LogP contribution in [0.4, 0.5) is 11.4 Å². The zero-order valence-corrected chi connectivity index (χ0v) is 12.5. The van der Waals surface area contributed by atoms with E-state index >= 15 is 0 Å². The molecule has 106 valence electrons. The molecule has 2 rings (SSSR count). The van der Waals surface area contributed by atoms with Crippen LogP contribution >= 0.6 is 0 Å². The SMILES string of the molecule is CCCNc1cncc(N(CCC(C)C)C2CC2)c1. The van der Waals surface area contributed by atoms with Crippen molar-refractivity contribution in [3.8, 4) is 0 Å². The molecule has 3 heteroatoms. The molecule has 1 saturated carbocycles. The van der Waals surface area contributed by atoms with Crippen LogP contribution in [-0.4, -0.2) is 24.1 Å². The lowest BCUT2D eigenvalue weighted by molar-refractivity contribution is 0.570. The molecule has 0 radical (unpaired) electrons. The molecule has 1 aromatic rings. The first-order valence-electron chi connectivity index (χ1n) is 7.66. The third-order valence-electron chi connectivity index (χ3n) is 3.57. The van der Waals surface area contributed by atoms with Gasteiger partial charge in [0.1, 0.15) is 0 Å². The highest BCUT2D eigenvalue weighted by atomic mass is 15.2. The van der Waals surface area contributed by atoms with Crippen molar-refractivity contribution in [2.24, 2.45) is 5.92 Å². The average Bonchev–Trinajstić information content (AvgIpc) is 3.21. The Bertz CT molecular complexity index is 385. The maximum absolute atomic E-state index is 4.39. The summed E-state index contributed by atoms with van der Waals surface area (Å²) in [6, 6.07) is 3.00. The Morgan fingerprint density at radius 1 is 1.37 bits per heavy atom. The molecule has 1 aliphatic rings. The standard InChI is InChI=1S/C16H27N3/c1-4-8-18-14-10-16(12-17-11-14)19(15-5-6-15)9-7-13(2)3/h10-13,15,18H,4-9H2,1-3H3. The van der Waals surface area contributed by atoms with Crippen molar-refractivity contribution in [2.75, 3.05) is 23.3 Å². The van der Waals surface area contributed by atoms with Crippen LogP contribution in [0.3, 0.4) is 0 Å². The molecule has 1 aliphatic carbocycles. The average molecular weight is 261 g/mol. The molecule has 0 aliphatic heterocycles. The molecule has 19 heavy (non-hydrogen) atoms. The number of hydrogen-bond donors (Lipinski definition) is 1. The molecule has 1 heterocycles. The fourth-order valence-corrected chi connectivity index (χ4v) is 2.26. The van der Waals surface area contributed by atoms with Gasteiger partial charge in [-0.25, -0.2) is 0 Å². The first-order chi connectivity index (χ1) is 9.20. The molecule has 3 nitrogen and oxygen atoms in total. The summed E-state index contributed by atoms with van der Waals surface area (Å²) in [6.45, 7) is 8.94. The highest BCUT2D eigenvalue weighted by Gasteiger charge is 2.29. The van der Waals surface area contributed by atoms with E-state index in [2.05, 4.69) is 42.0 Å². The maximum Gasteiger partial charge on any atom is 0.0575 e. The summed E-state index contributed by atoms with van der Waals surface area (Å²) in [4.78, 5) is 6.94. The third kappa shape index (κ3) is 4.41. The van der Waals surface area contributed by atoms with Crippen LogP contribution in [-0.2, 0) is 0 Å². The molecular formula is C16H27N3. The van der Waals surface area contributed by atoms with Gasteiger partial charge >= 0.3 is 0 Å². The Morgan fingerprint density at radius 2 is 2.16 bits per heavy atom. The van der Waals surface area contributed by atoms with E-state index < -0.39 is 0 Å². The summed E-state index contributed by atoms with van der Waals surface area (Å²) in [5.74, 6) is 0.760. The monoisotopic (exact) mass is 261 g/mol. The first-order valence-corrected chi connectivity index (χ1v) is 7.66. The minimum atomic E-state index is 0.752. The normalized spacial score (nSPS) is 14.7. The number of nitrogens with zero attached hydrogens (tertiary/aromatic N) is 2. The molecule has 1 fully saturated rings. The molecule has 0 amide bonds. The molecule has 0 unspecified atom stereocenters. The van der Waals surface area contributed by atoms with Gasteiger partial charge in [0.2, 0.25) is 0 Å². The van der Waals surface area contributed by atoms with Gasteiger partial charge in [-0.05, 0) is 37.7 Å². The molecule has 1 aromatic heterocycles. The second kappa shape index (κ2) is 6.78.